The lowest BCUT2D eigenvalue weighted by Gasteiger charge is -2.47. The van der Waals surface area contributed by atoms with Crippen LogP contribution >= 0.6 is 23.4 Å². The number of hydrogen-bond acceptors (Lipinski definition) is 8. The van der Waals surface area contributed by atoms with Crippen molar-refractivity contribution in [2.75, 3.05) is 18.7 Å². The molecule has 2 aliphatic heterocycles. The molecule has 36 heavy (non-hydrogen) atoms. The molecular formula is C25H22ClN3O6S. The average molecular weight is 528 g/mol. The van der Waals surface area contributed by atoms with Gasteiger partial charge in [-0.3, -0.25) is 24.8 Å². The van der Waals surface area contributed by atoms with Crippen LogP contribution in [0.3, 0.4) is 0 Å². The zero-order valence-corrected chi connectivity index (χ0v) is 20.8. The van der Waals surface area contributed by atoms with Gasteiger partial charge in [-0.05, 0) is 28.8 Å². The van der Waals surface area contributed by atoms with Gasteiger partial charge in [0.1, 0.15) is 23.4 Å². The SMILES string of the molecule is COc1ccc(COC(=O)C2=C(/C=C\CCl)CS[C@@H]3[C@H](N=Cc4cccc([N+](=O)[O-])c4)C(=O)N23)cc1. The van der Waals surface area contributed by atoms with Crippen molar-refractivity contribution >= 4 is 47.1 Å². The molecule has 0 aromatic heterocycles. The summed E-state index contributed by atoms with van der Waals surface area (Å²) in [5, 5.41) is 10.6. The zero-order valence-electron chi connectivity index (χ0n) is 19.2. The van der Waals surface area contributed by atoms with Crippen molar-refractivity contribution in [2.24, 2.45) is 4.99 Å². The summed E-state index contributed by atoms with van der Waals surface area (Å²) in [6, 6.07) is 12.4. The predicted molar refractivity (Wildman–Crippen MR) is 137 cm³/mol. The number of ether oxygens (including phenoxy) is 2. The van der Waals surface area contributed by atoms with Crippen LogP contribution in [0.4, 0.5) is 5.69 Å². The number of amides is 1. The van der Waals surface area contributed by atoms with Gasteiger partial charge in [-0.25, -0.2) is 4.79 Å². The van der Waals surface area contributed by atoms with Gasteiger partial charge < -0.3 is 9.47 Å². The van der Waals surface area contributed by atoms with Gasteiger partial charge in [-0.2, -0.15) is 0 Å². The molecule has 186 valence electrons. The molecule has 0 bridgehead atoms. The molecule has 0 saturated carbocycles. The van der Waals surface area contributed by atoms with Crippen molar-refractivity contribution in [3.05, 3.63) is 93.2 Å². The fourth-order valence-corrected chi connectivity index (χ4v) is 5.15. The molecule has 2 heterocycles. The molecule has 0 spiro atoms. The van der Waals surface area contributed by atoms with E-state index in [0.717, 1.165) is 5.56 Å². The molecule has 9 nitrogen and oxygen atoms in total. The summed E-state index contributed by atoms with van der Waals surface area (Å²) >= 11 is 7.27. The monoisotopic (exact) mass is 527 g/mol. The number of carbonyl (C=O) groups is 2. The van der Waals surface area contributed by atoms with Crippen molar-refractivity contribution in [2.45, 2.75) is 18.0 Å². The third-order valence-electron chi connectivity index (χ3n) is 5.57. The van der Waals surface area contributed by atoms with Crippen LogP contribution in [-0.4, -0.2) is 58.1 Å². The van der Waals surface area contributed by atoms with Crippen LogP contribution in [-0.2, 0) is 20.9 Å². The number of β-lactam (4-membered cyclic amide) rings is 1. The smallest absolute Gasteiger partial charge is 0.355 e. The van der Waals surface area contributed by atoms with Crippen molar-refractivity contribution < 1.29 is 24.0 Å². The third kappa shape index (κ3) is 5.44. The summed E-state index contributed by atoms with van der Waals surface area (Å²) in [5.74, 6) is 0.464. The number of allylic oxidation sites excluding steroid dienone is 2. The number of esters is 1. The van der Waals surface area contributed by atoms with Gasteiger partial charge in [0.15, 0.2) is 6.04 Å². The van der Waals surface area contributed by atoms with Crippen molar-refractivity contribution in [3.63, 3.8) is 0 Å². The molecule has 0 radical (unpaired) electrons. The second-order valence-corrected chi connectivity index (χ2v) is 9.25. The minimum absolute atomic E-state index is 0.0348. The van der Waals surface area contributed by atoms with Gasteiger partial charge in [0, 0.05) is 30.0 Å². The first kappa shape index (κ1) is 25.5. The van der Waals surface area contributed by atoms with Crippen molar-refractivity contribution in [3.8, 4) is 5.75 Å². The number of carbonyl (C=O) groups excluding carboxylic acids is 2. The Morgan fingerprint density at radius 1 is 1.31 bits per heavy atom. The van der Waals surface area contributed by atoms with E-state index in [9.17, 15) is 19.7 Å². The summed E-state index contributed by atoms with van der Waals surface area (Å²) in [4.78, 5) is 42.5. The van der Waals surface area contributed by atoms with E-state index in [2.05, 4.69) is 4.99 Å². The van der Waals surface area contributed by atoms with Crippen molar-refractivity contribution in [1.82, 2.24) is 4.90 Å². The van der Waals surface area contributed by atoms with E-state index in [-0.39, 0.29) is 35.2 Å². The highest BCUT2D eigenvalue weighted by atomic mass is 35.5. The standard InChI is InChI=1S/C25H22ClN3O6S/c1-34-20-9-7-16(8-10-20)14-35-25(31)22-18(5-3-11-26)15-36-24-21(23(30)28(22)24)27-13-17-4-2-6-19(12-17)29(32)33/h2-10,12-13,21,24H,11,14-15H2,1H3/b5-3-,27-13?/t21-,24-/m1/s1. The van der Waals surface area contributed by atoms with Crippen LogP contribution < -0.4 is 4.74 Å². The first-order valence-corrected chi connectivity index (χ1v) is 12.5. The number of non-ortho nitro benzene ring substituents is 1. The van der Waals surface area contributed by atoms with Gasteiger partial charge in [0.05, 0.1) is 12.0 Å². The largest absolute Gasteiger partial charge is 0.497 e. The minimum Gasteiger partial charge on any atom is -0.497 e. The number of rotatable bonds is 9. The molecule has 0 unspecified atom stereocenters. The number of nitro benzene ring substituents is 1. The lowest BCUT2D eigenvalue weighted by Crippen LogP contribution is -2.64. The highest BCUT2D eigenvalue weighted by molar-refractivity contribution is 8.00. The van der Waals surface area contributed by atoms with Gasteiger partial charge >= 0.3 is 5.97 Å². The van der Waals surface area contributed by atoms with Crippen molar-refractivity contribution in [1.29, 1.82) is 0 Å². The van der Waals surface area contributed by atoms with Crippen LogP contribution in [0.2, 0.25) is 0 Å². The fraction of sp³-hybridized carbons (Fsp3) is 0.240. The number of alkyl halides is 1. The topological polar surface area (TPSA) is 111 Å². The molecule has 0 N–H and O–H groups in total. The molecule has 2 atom stereocenters. The molecule has 11 heteroatoms. The number of aliphatic imine (C=N–C) groups is 1. The Balaban J connectivity index is 1.51. The number of hydrogen-bond donors (Lipinski definition) is 0. The molecule has 1 amide bonds. The maximum atomic E-state index is 13.1. The highest BCUT2D eigenvalue weighted by Crippen LogP contribution is 2.42. The molecule has 1 fully saturated rings. The Morgan fingerprint density at radius 2 is 2.08 bits per heavy atom. The maximum Gasteiger partial charge on any atom is 0.355 e. The fourth-order valence-electron chi connectivity index (χ4n) is 3.76. The molecule has 1 saturated heterocycles. The van der Waals surface area contributed by atoms with Crippen LogP contribution in [0, 0.1) is 10.1 Å². The lowest BCUT2D eigenvalue weighted by atomic mass is 10.0. The molecule has 0 aliphatic carbocycles. The Labute approximate surface area is 216 Å². The number of methoxy groups -OCH3 is 1. The first-order valence-electron chi connectivity index (χ1n) is 10.9. The van der Waals surface area contributed by atoms with E-state index in [1.807, 2.05) is 0 Å². The number of halogens is 1. The van der Waals surface area contributed by atoms with Gasteiger partial charge in [0.2, 0.25) is 0 Å². The summed E-state index contributed by atoms with van der Waals surface area (Å²) in [6.07, 6.45) is 4.88. The number of benzene rings is 2. The third-order valence-corrected chi connectivity index (χ3v) is 7.03. The van der Waals surface area contributed by atoms with Gasteiger partial charge in [0.25, 0.3) is 11.6 Å². The van der Waals surface area contributed by atoms with E-state index in [1.54, 1.807) is 55.7 Å². The van der Waals surface area contributed by atoms with Crippen LogP contribution in [0.15, 0.2) is 76.9 Å². The molecule has 2 aromatic rings. The normalized spacial score (nSPS) is 19.4. The quantitative estimate of drug-likeness (QED) is 0.120. The first-order chi connectivity index (χ1) is 17.4. The van der Waals surface area contributed by atoms with E-state index in [4.69, 9.17) is 21.1 Å². The van der Waals surface area contributed by atoms with Crippen LogP contribution in [0.1, 0.15) is 11.1 Å². The Kier molecular flexibility index (Phi) is 8.07. The number of fused-ring (bicyclic) bond motifs is 1. The van der Waals surface area contributed by atoms with E-state index in [1.165, 1.54) is 35.0 Å². The summed E-state index contributed by atoms with van der Waals surface area (Å²) in [7, 11) is 1.57. The molecule has 2 aromatic carbocycles. The second kappa shape index (κ2) is 11.4. The second-order valence-electron chi connectivity index (χ2n) is 7.84. The average Bonchev–Trinajstić information content (AvgIpc) is 2.90. The van der Waals surface area contributed by atoms with E-state index in [0.29, 0.717) is 22.6 Å². The van der Waals surface area contributed by atoms with E-state index < -0.39 is 16.9 Å². The molecule has 4 rings (SSSR count). The summed E-state index contributed by atoms with van der Waals surface area (Å²) in [5.41, 5.74) is 2.05. The zero-order chi connectivity index (χ0) is 25.7. The van der Waals surface area contributed by atoms with Gasteiger partial charge in [-0.15, -0.1) is 23.4 Å². The van der Waals surface area contributed by atoms with Gasteiger partial charge in [-0.1, -0.05) is 36.4 Å². The van der Waals surface area contributed by atoms with E-state index >= 15 is 0 Å². The van der Waals surface area contributed by atoms with Crippen LogP contribution in [0.25, 0.3) is 0 Å². The number of thioether (sulfide) groups is 1. The summed E-state index contributed by atoms with van der Waals surface area (Å²) in [6.45, 7) is 0.0348. The summed E-state index contributed by atoms with van der Waals surface area (Å²) < 4.78 is 10.7. The lowest BCUT2D eigenvalue weighted by molar-refractivity contribution is -0.384. The number of nitro groups is 1. The number of nitrogens with zero attached hydrogens (tertiary/aromatic N) is 3. The molecular weight excluding hydrogens is 506 g/mol. The van der Waals surface area contributed by atoms with Crippen LogP contribution in [0.5, 0.6) is 5.75 Å². The predicted octanol–water partition coefficient (Wildman–Crippen LogP) is 4.10. The Bertz CT molecular complexity index is 1260. The molecule has 2 aliphatic rings. The Hall–Kier alpha value is -3.63. The maximum absolute atomic E-state index is 13.1. The minimum atomic E-state index is -0.711. The highest BCUT2D eigenvalue weighted by Gasteiger charge is 2.53. The Morgan fingerprint density at radius 3 is 2.78 bits per heavy atom.